The van der Waals surface area contributed by atoms with Crippen LogP contribution in [0.25, 0.3) is 11.1 Å². The lowest BCUT2D eigenvalue weighted by atomic mass is 9.75. The standard InChI is InChI=1S/C32H46N2O8/c1-20(37)41-27(8-7-24-15-31(40-3)29(39)18-28(24)25-9-11-34-32(33)16-25)17-30(42-21(2)38)26-13-22(10-12-35)5-4-6-23(14-26)19-36/h9,11,15-16,18,22-23,26-27,30,35-36,39H,4-8,10,12-14,17,19H2,1-3H3,(H2,33,34)/t22-,23-,26+,27-,30-/m1/s1. The molecule has 1 heterocycles. The number of aliphatic hydroxyl groups excluding tert-OH is 2. The topological polar surface area (TPSA) is 161 Å². The molecule has 0 spiro atoms. The Morgan fingerprint density at radius 3 is 2.43 bits per heavy atom. The zero-order valence-electron chi connectivity index (χ0n) is 25.0. The van der Waals surface area contributed by atoms with Crippen LogP contribution >= 0.6 is 0 Å². The van der Waals surface area contributed by atoms with Crippen molar-refractivity contribution in [1.82, 2.24) is 4.98 Å². The molecular formula is C32H46N2O8. The summed E-state index contributed by atoms with van der Waals surface area (Å²) in [6.07, 6.45) is 6.63. The summed E-state index contributed by atoms with van der Waals surface area (Å²) >= 11 is 0. The molecule has 1 fully saturated rings. The van der Waals surface area contributed by atoms with Crippen LogP contribution in [0.1, 0.15) is 70.8 Å². The number of phenols is 1. The minimum atomic E-state index is -0.559. The maximum Gasteiger partial charge on any atom is 0.302 e. The Balaban J connectivity index is 1.90. The zero-order chi connectivity index (χ0) is 30.6. The number of carbonyl (C=O) groups excluding carboxylic acids is 2. The molecule has 1 aliphatic carbocycles. The number of carbonyl (C=O) groups is 2. The van der Waals surface area contributed by atoms with Gasteiger partial charge >= 0.3 is 11.9 Å². The number of ether oxygens (including phenoxy) is 3. The molecule has 232 valence electrons. The van der Waals surface area contributed by atoms with E-state index in [1.165, 1.54) is 21.0 Å². The number of nitrogens with zero attached hydrogens (tertiary/aromatic N) is 1. The van der Waals surface area contributed by atoms with Crippen molar-refractivity contribution in [2.45, 2.75) is 83.8 Å². The predicted octanol–water partition coefficient (Wildman–Crippen LogP) is 4.42. The number of aryl methyl sites for hydroxylation is 1. The summed E-state index contributed by atoms with van der Waals surface area (Å²) in [7, 11) is 1.48. The quantitative estimate of drug-likeness (QED) is 0.247. The van der Waals surface area contributed by atoms with Crippen molar-refractivity contribution in [2.75, 3.05) is 26.1 Å². The highest BCUT2D eigenvalue weighted by Gasteiger charge is 2.34. The van der Waals surface area contributed by atoms with Crippen molar-refractivity contribution in [3.05, 3.63) is 36.0 Å². The zero-order valence-corrected chi connectivity index (χ0v) is 25.0. The Kier molecular flexibility index (Phi) is 12.9. The summed E-state index contributed by atoms with van der Waals surface area (Å²) in [5, 5.41) is 30.2. The third-order valence-corrected chi connectivity index (χ3v) is 8.20. The number of aromatic nitrogens is 1. The normalized spacial score (nSPS) is 20.5. The SMILES string of the molecule is COc1cc(CC[C@H](C[C@@H](OC(C)=O)[C@H]2C[C@@H](CCO)CCC[C@@H](CO)C2)OC(C)=O)c(-c2ccnc(N)c2)cc1O. The molecule has 1 aromatic carbocycles. The molecule has 1 aromatic heterocycles. The van der Waals surface area contributed by atoms with Crippen molar-refractivity contribution < 1.29 is 39.1 Å². The molecule has 2 aromatic rings. The summed E-state index contributed by atoms with van der Waals surface area (Å²) in [6, 6.07) is 6.91. The average Bonchev–Trinajstić information content (AvgIpc) is 2.92. The molecule has 1 saturated carbocycles. The molecular weight excluding hydrogens is 540 g/mol. The highest BCUT2D eigenvalue weighted by atomic mass is 16.6. The molecule has 0 bridgehead atoms. The number of anilines is 1. The van der Waals surface area contributed by atoms with Crippen LogP contribution in [-0.2, 0) is 25.5 Å². The van der Waals surface area contributed by atoms with Crippen LogP contribution < -0.4 is 10.5 Å². The van der Waals surface area contributed by atoms with Crippen LogP contribution in [0.5, 0.6) is 11.5 Å². The summed E-state index contributed by atoms with van der Waals surface area (Å²) in [6.45, 7) is 2.89. The number of nitrogens with two attached hydrogens (primary N) is 1. The fourth-order valence-corrected chi connectivity index (χ4v) is 6.25. The molecule has 0 saturated heterocycles. The van der Waals surface area contributed by atoms with E-state index in [0.29, 0.717) is 43.7 Å². The van der Waals surface area contributed by atoms with Crippen molar-refractivity contribution >= 4 is 17.8 Å². The van der Waals surface area contributed by atoms with Crippen molar-refractivity contribution in [2.24, 2.45) is 17.8 Å². The fourth-order valence-electron chi connectivity index (χ4n) is 6.25. The van der Waals surface area contributed by atoms with Gasteiger partial charge in [0.2, 0.25) is 0 Å². The lowest BCUT2D eigenvalue weighted by Gasteiger charge is -2.35. The van der Waals surface area contributed by atoms with E-state index in [4.69, 9.17) is 19.9 Å². The Morgan fingerprint density at radius 1 is 1.07 bits per heavy atom. The monoisotopic (exact) mass is 586 g/mol. The number of phenolic OH excluding ortho intramolecular Hbond substituents is 1. The van der Waals surface area contributed by atoms with E-state index < -0.39 is 24.1 Å². The first-order valence-electron chi connectivity index (χ1n) is 14.8. The van der Waals surface area contributed by atoms with Gasteiger partial charge in [0.05, 0.1) is 7.11 Å². The van der Waals surface area contributed by atoms with E-state index in [-0.39, 0.29) is 36.7 Å². The number of benzene rings is 1. The van der Waals surface area contributed by atoms with Crippen molar-refractivity contribution in [3.8, 4) is 22.6 Å². The average molecular weight is 587 g/mol. The van der Waals surface area contributed by atoms with E-state index in [1.807, 2.05) is 0 Å². The Hall–Kier alpha value is -3.37. The number of pyridine rings is 1. The number of esters is 2. The molecule has 0 aliphatic heterocycles. The molecule has 0 unspecified atom stereocenters. The number of hydrogen-bond acceptors (Lipinski definition) is 10. The fraction of sp³-hybridized carbons (Fsp3) is 0.594. The third-order valence-electron chi connectivity index (χ3n) is 8.20. The second-order valence-electron chi connectivity index (χ2n) is 11.4. The molecule has 10 nitrogen and oxygen atoms in total. The molecule has 10 heteroatoms. The van der Waals surface area contributed by atoms with Gasteiger partial charge in [0, 0.05) is 39.7 Å². The Labute approximate surface area is 248 Å². The number of methoxy groups -OCH3 is 1. The van der Waals surface area contributed by atoms with Gasteiger partial charge in [-0.2, -0.15) is 0 Å². The van der Waals surface area contributed by atoms with Gasteiger partial charge in [-0.1, -0.05) is 12.8 Å². The largest absolute Gasteiger partial charge is 0.504 e. The summed E-state index contributed by atoms with van der Waals surface area (Å²) in [5.41, 5.74) is 8.30. The van der Waals surface area contributed by atoms with Crippen LogP contribution in [0.15, 0.2) is 30.5 Å². The first-order valence-corrected chi connectivity index (χ1v) is 14.8. The molecule has 5 N–H and O–H groups in total. The van der Waals surface area contributed by atoms with Gasteiger partial charge in [-0.3, -0.25) is 9.59 Å². The Bertz CT molecular complexity index is 1170. The van der Waals surface area contributed by atoms with Crippen LogP contribution in [0.2, 0.25) is 0 Å². The highest BCUT2D eigenvalue weighted by Crippen LogP contribution is 2.38. The van der Waals surface area contributed by atoms with Crippen LogP contribution in [0.3, 0.4) is 0 Å². The smallest absolute Gasteiger partial charge is 0.302 e. The predicted molar refractivity (Wildman–Crippen MR) is 159 cm³/mol. The molecule has 42 heavy (non-hydrogen) atoms. The second kappa shape index (κ2) is 16.3. The summed E-state index contributed by atoms with van der Waals surface area (Å²) < 4.78 is 17.0. The maximum absolute atomic E-state index is 12.3. The van der Waals surface area contributed by atoms with E-state index in [2.05, 4.69) is 4.98 Å². The number of hydrogen-bond donors (Lipinski definition) is 4. The minimum Gasteiger partial charge on any atom is -0.504 e. The van der Waals surface area contributed by atoms with Crippen molar-refractivity contribution in [3.63, 3.8) is 0 Å². The van der Waals surface area contributed by atoms with Crippen LogP contribution in [-0.4, -0.2) is 64.8 Å². The maximum atomic E-state index is 12.3. The molecule has 1 aliphatic rings. The number of aliphatic hydroxyl groups is 2. The van der Waals surface area contributed by atoms with Gasteiger partial charge in [0.1, 0.15) is 18.0 Å². The van der Waals surface area contributed by atoms with Gasteiger partial charge in [-0.25, -0.2) is 4.98 Å². The van der Waals surface area contributed by atoms with E-state index in [9.17, 15) is 24.9 Å². The second-order valence-corrected chi connectivity index (χ2v) is 11.4. The number of aromatic hydroxyl groups is 1. The van der Waals surface area contributed by atoms with E-state index in [0.717, 1.165) is 42.4 Å². The Morgan fingerprint density at radius 2 is 1.79 bits per heavy atom. The summed E-state index contributed by atoms with van der Waals surface area (Å²) in [4.78, 5) is 28.5. The minimum absolute atomic E-state index is 0.0155. The van der Waals surface area contributed by atoms with Crippen LogP contribution in [0.4, 0.5) is 5.82 Å². The lowest BCUT2D eigenvalue weighted by molar-refractivity contribution is -0.156. The van der Waals surface area contributed by atoms with Crippen molar-refractivity contribution in [1.29, 1.82) is 0 Å². The lowest BCUT2D eigenvalue weighted by Crippen LogP contribution is -2.36. The van der Waals surface area contributed by atoms with Gasteiger partial charge in [-0.05, 0) is 97.2 Å². The van der Waals surface area contributed by atoms with Gasteiger partial charge in [-0.15, -0.1) is 0 Å². The van der Waals surface area contributed by atoms with E-state index in [1.54, 1.807) is 30.5 Å². The molecule has 3 rings (SSSR count). The van der Waals surface area contributed by atoms with Gasteiger partial charge < -0.3 is 35.3 Å². The first-order chi connectivity index (χ1) is 20.1. The molecule has 0 amide bonds. The number of rotatable bonds is 13. The molecule has 5 atom stereocenters. The van der Waals surface area contributed by atoms with E-state index >= 15 is 0 Å². The highest BCUT2D eigenvalue weighted by molar-refractivity contribution is 5.72. The van der Waals surface area contributed by atoms with Gasteiger partial charge in [0.25, 0.3) is 0 Å². The first kappa shape index (κ1) is 33.1. The molecule has 0 radical (unpaired) electrons. The number of nitrogen functional groups attached to an aromatic ring is 1. The summed E-state index contributed by atoms with van der Waals surface area (Å²) in [5.74, 6) is 0.121. The van der Waals surface area contributed by atoms with Crippen LogP contribution in [0, 0.1) is 17.8 Å². The third kappa shape index (κ3) is 9.87. The van der Waals surface area contributed by atoms with Gasteiger partial charge in [0.15, 0.2) is 11.5 Å².